The molecule has 0 aliphatic rings. The Balaban J connectivity index is 1.58. The summed E-state index contributed by atoms with van der Waals surface area (Å²) in [6.07, 6.45) is 2.57. The minimum atomic E-state index is -0.212. The molecule has 0 atom stereocenters. The van der Waals surface area contributed by atoms with Crippen LogP contribution in [0, 0.1) is 6.92 Å². The number of pyridine rings is 1. The van der Waals surface area contributed by atoms with Gasteiger partial charge in [-0.05, 0) is 43.2 Å². The Labute approximate surface area is 147 Å². The van der Waals surface area contributed by atoms with Crippen LogP contribution in [0.4, 0.5) is 11.4 Å². The Kier molecular flexibility index (Phi) is 5.42. The van der Waals surface area contributed by atoms with E-state index in [1.165, 1.54) is 5.56 Å². The summed E-state index contributed by atoms with van der Waals surface area (Å²) < 4.78 is 0. The minimum Gasteiger partial charge on any atom is -0.385 e. The maximum absolute atomic E-state index is 12.3. The molecular weight excluding hydrogens is 310 g/mol. The minimum absolute atomic E-state index is 0.212. The number of aryl methyl sites for hydroxylation is 1. The zero-order valence-corrected chi connectivity index (χ0v) is 14.2. The fourth-order valence-corrected chi connectivity index (χ4v) is 2.49. The van der Waals surface area contributed by atoms with Gasteiger partial charge >= 0.3 is 0 Å². The van der Waals surface area contributed by atoms with E-state index in [2.05, 4.69) is 27.8 Å². The first-order valence-electron chi connectivity index (χ1n) is 8.32. The van der Waals surface area contributed by atoms with Crippen molar-refractivity contribution in [3.8, 4) is 0 Å². The summed E-state index contributed by atoms with van der Waals surface area (Å²) >= 11 is 0. The molecule has 2 aromatic carbocycles. The number of carbonyl (C=O) groups is 1. The van der Waals surface area contributed by atoms with E-state index in [0.29, 0.717) is 5.69 Å². The predicted octanol–water partition coefficient (Wildman–Crippen LogP) is 4.30. The van der Waals surface area contributed by atoms with Crippen LogP contribution in [0.3, 0.4) is 0 Å². The number of nitrogens with zero attached hydrogens (tertiary/aromatic N) is 1. The Bertz CT molecular complexity index is 829. The molecule has 0 spiro atoms. The van der Waals surface area contributed by atoms with Crippen LogP contribution in [-0.2, 0) is 6.42 Å². The molecule has 3 rings (SSSR count). The van der Waals surface area contributed by atoms with Crippen LogP contribution in [0.15, 0.2) is 72.9 Å². The molecule has 0 bridgehead atoms. The van der Waals surface area contributed by atoms with E-state index < -0.39 is 0 Å². The SMILES string of the molecule is Cc1ccc(NC(=O)c2cc(NCCc3ccccc3)ccn2)cc1. The predicted molar refractivity (Wildman–Crippen MR) is 102 cm³/mol. The standard InChI is InChI=1S/C21H21N3O/c1-16-7-9-18(10-8-16)24-21(25)20-15-19(12-14-23-20)22-13-11-17-5-3-2-4-6-17/h2-10,12,14-15H,11,13H2,1H3,(H,22,23)(H,24,25). The van der Waals surface area contributed by atoms with Gasteiger partial charge in [0.05, 0.1) is 0 Å². The van der Waals surface area contributed by atoms with E-state index in [1.54, 1.807) is 12.3 Å². The summed E-state index contributed by atoms with van der Waals surface area (Å²) in [5, 5.41) is 6.21. The zero-order valence-electron chi connectivity index (χ0n) is 14.2. The lowest BCUT2D eigenvalue weighted by molar-refractivity contribution is 0.102. The highest BCUT2D eigenvalue weighted by molar-refractivity contribution is 6.03. The molecule has 1 amide bonds. The average molecular weight is 331 g/mol. The van der Waals surface area contributed by atoms with Crippen molar-refractivity contribution in [2.24, 2.45) is 0 Å². The lowest BCUT2D eigenvalue weighted by Crippen LogP contribution is -2.14. The number of rotatable bonds is 6. The molecule has 2 N–H and O–H groups in total. The topological polar surface area (TPSA) is 54.0 Å². The number of hydrogen-bond acceptors (Lipinski definition) is 3. The number of carbonyl (C=O) groups excluding carboxylic acids is 1. The quantitative estimate of drug-likeness (QED) is 0.708. The largest absolute Gasteiger partial charge is 0.385 e. The van der Waals surface area contributed by atoms with Crippen LogP contribution in [0.25, 0.3) is 0 Å². The molecule has 0 fully saturated rings. The molecule has 3 aromatic rings. The third-order valence-corrected chi connectivity index (χ3v) is 3.89. The third-order valence-electron chi connectivity index (χ3n) is 3.89. The molecule has 0 unspecified atom stereocenters. The number of aromatic nitrogens is 1. The molecule has 0 aliphatic heterocycles. The summed E-state index contributed by atoms with van der Waals surface area (Å²) in [7, 11) is 0. The summed E-state index contributed by atoms with van der Waals surface area (Å²) in [5.41, 5.74) is 4.48. The van der Waals surface area contributed by atoms with Crippen LogP contribution >= 0.6 is 0 Å². The van der Waals surface area contributed by atoms with Crippen molar-refractivity contribution in [1.29, 1.82) is 0 Å². The van der Waals surface area contributed by atoms with Gasteiger partial charge in [-0.15, -0.1) is 0 Å². The number of benzene rings is 2. The summed E-state index contributed by atoms with van der Waals surface area (Å²) in [6.45, 7) is 2.81. The monoisotopic (exact) mass is 331 g/mol. The van der Waals surface area contributed by atoms with Crippen LogP contribution < -0.4 is 10.6 Å². The number of anilines is 2. The Hall–Kier alpha value is -3.14. The van der Waals surface area contributed by atoms with Crippen molar-refractivity contribution in [2.75, 3.05) is 17.2 Å². The number of hydrogen-bond donors (Lipinski definition) is 2. The van der Waals surface area contributed by atoms with Gasteiger partial charge in [0.2, 0.25) is 0 Å². The molecule has 0 saturated carbocycles. The van der Waals surface area contributed by atoms with Crippen LogP contribution in [-0.4, -0.2) is 17.4 Å². The van der Waals surface area contributed by atoms with Gasteiger partial charge in [-0.1, -0.05) is 48.0 Å². The third kappa shape index (κ3) is 4.91. The van der Waals surface area contributed by atoms with E-state index in [-0.39, 0.29) is 5.91 Å². The maximum Gasteiger partial charge on any atom is 0.274 e. The highest BCUT2D eigenvalue weighted by Gasteiger charge is 2.08. The highest BCUT2D eigenvalue weighted by Crippen LogP contribution is 2.13. The Morgan fingerprint density at radius 1 is 0.960 bits per heavy atom. The lowest BCUT2D eigenvalue weighted by Gasteiger charge is -2.09. The van der Waals surface area contributed by atoms with Crippen molar-refractivity contribution in [2.45, 2.75) is 13.3 Å². The molecule has 1 aromatic heterocycles. The molecule has 0 saturated heterocycles. The second-order valence-electron chi connectivity index (χ2n) is 5.91. The first kappa shape index (κ1) is 16.7. The van der Waals surface area contributed by atoms with E-state index in [0.717, 1.165) is 29.9 Å². The van der Waals surface area contributed by atoms with Gasteiger partial charge in [0, 0.05) is 24.1 Å². The maximum atomic E-state index is 12.3. The van der Waals surface area contributed by atoms with Crippen LogP contribution in [0.1, 0.15) is 21.6 Å². The first-order chi connectivity index (χ1) is 12.2. The van der Waals surface area contributed by atoms with Crippen molar-refractivity contribution < 1.29 is 4.79 Å². The molecule has 4 nitrogen and oxygen atoms in total. The van der Waals surface area contributed by atoms with Crippen molar-refractivity contribution >= 4 is 17.3 Å². The second kappa shape index (κ2) is 8.11. The van der Waals surface area contributed by atoms with Gasteiger partial charge in [-0.3, -0.25) is 9.78 Å². The fraction of sp³-hybridized carbons (Fsp3) is 0.143. The van der Waals surface area contributed by atoms with Gasteiger partial charge in [-0.2, -0.15) is 0 Å². The highest BCUT2D eigenvalue weighted by atomic mass is 16.1. The zero-order chi connectivity index (χ0) is 17.5. The van der Waals surface area contributed by atoms with Crippen LogP contribution in [0.2, 0.25) is 0 Å². The van der Waals surface area contributed by atoms with E-state index in [1.807, 2.05) is 55.5 Å². The Morgan fingerprint density at radius 3 is 2.48 bits per heavy atom. The molecule has 4 heteroatoms. The van der Waals surface area contributed by atoms with Gasteiger partial charge in [-0.25, -0.2) is 0 Å². The molecule has 126 valence electrons. The second-order valence-corrected chi connectivity index (χ2v) is 5.91. The molecular formula is C21H21N3O. The smallest absolute Gasteiger partial charge is 0.274 e. The van der Waals surface area contributed by atoms with Crippen LogP contribution in [0.5, 0.6) is 0 Å². The summed E-state index contributed by atoms with van der Waals surface area (Å²) in [6, 6.07) is 21.6. The molecule has 0 radical (unpaired) electrons. The van der Waals surface area contributed by atoms with Gasteiger partial charge in [0.1, 0.15) is 5.69 Å². The normalized spacial score (nSPS) is 10.3. The molecule has 1 heterocycles. The van der Waals surface area contributed by atoms with Crippen molar-refractivity contribution in [3.05, 3.63) is 89.7 Å². The Morgan fingerprint density at radius 2 is 1.72 bits per heavy atom. The molecule has 0 aliphatic carbocycles. The molecule has 25 heavy (non-hydrogen) atoms. The fourth-order valence-electron chi connectivity index (χ4n) is 2.49. The van der Waals surface area contributed by atoms with Gasteiger partial charge in [0.15, 0.2) is 0 Å². The van der Waals surface area contributed by atoms with Gasteiger partial charge in [0.25, 0.3) is 5.91 Å². The van der Waals surface area contributed by atoms with Gasteiger partial charge < -0.3 is 10.6 Å². The van der Waals surface area contributed by atoms with E-state index in [4.69, 9.17) is 0 Å². The van der Waals surface area contributed by atoms with E-state index >= 15 is 0 Å². The van der Waals surface area contributed by atoms with E-state index in [9.17, 15) is 4.79 Å². The number of nitrogens with one attached hydrogen (secondary N) is 2. The summed E-state index contributed by atoms with van der Waals surface area (Å²) in [4.78, 5) is 16.5. The van der Waals surface area contributed by atoms with Crippen molar-refractivity contribution in [1.82, 2.24) is 4.98 Å². The van der Waals surface area contributed by atoms with Crippen molar-refractivity contribution in [3.63, 3.8) is 0 Å². The first-order valence-corrected chi connectivity index (χ1v) is 8.32. The summed E-state index contributed by atoms with van der Waals surface area (Å²) in [5.74, 6) is -0.212. The average Bonchev–Trinajstić information content (AvgIpc) is 2.65. The lowest BCUT2D eigenvalue weighted by atomic mass is 10.1. The number of amides is 1.